The molecule has 0 spiro atoms. The van der Waals surface area contributed by atoms with Crippen molar-refractivity contribution in [2.75, 3.05) is 30.3 Å². The maximum atomic E-state index is 6.10. The molecule has 5 rings (SSSR count). The number of nitrogens with zero attached hydrogens (tertiary/aromatic N) is 2. The van der Waals surface area contributed by atoms with E-state index in [1.165, 1.54) is 81.4 Å². The number of anilines is 2. The summed E-state index contributed by atoms with van der Waals surface area (Å²) in [6.07, 6.45) is 9.24. The van der Waals surface area contributed by atoms with Crippen LogP contribution >= 0.6 is 0 Å². The normalized spacial score (nSPS) is 27.9. The summed E-state index contributed by atoms with van der Waals surface area (Å²) < 4.78 is 0. The summed E-state index contributed by atoms with van der Waals surface area (Å²) in [6.45, 7) is 4.74. The van der Waals surface area contributed by atoms with Crippen LogP contribution in [0.1, 0.15) is 56.1 Å². The van der Waals surface area contributed by atoms with E-state index in [1.807, 2.05) is 6.07 Å². The molecule has 2 aliphatic heterocycles. The third-order valence-corrected chi connectivity index (χ3v) is 7.51. The fraction of sp³-hybridized carbons (Fsp3) is 0.520. The van der Waals surface area contributed by atoms with Crippen molar-refractivity contribution in [3.63, 3.8) is 0 Å². The second kappa shape index (κ2) is 7.44. The Hall–Kier alpha value is -2.00. The predicted molar refractivity (Wildman–Crippen MR) is 118 cm³/mol. The van der Waals surface area contributed by atoms with Crippen LogP contribution in [0.4, 0.5) is 11.4 Å². The van der Waals surface area contributed by atoms with Crippen molar-refractivity contribution in [2.24, 2.45) is 0 Å². The van der Waals surface area contributed by atoms with Crippen molar-refractivity contribution in [3.8, 4) is 0 Å². The van der Waals surface area contributed by atoms with Gasteiger partial charge in [0.15, 0.2) is 0 Å². The van der Waals surface area contributed by atoms with Crippen LogP contribution in [-0.4, -0.2) is 30.6 Å². The van der Waals surface area contributed by atoms with Crippen molar-refractivity contribution >= 4 is 11.4 Å². The highest BCUT2D eigenvalue weighted by atomic mass is 15.2. The minimum atomic E-state index is 0.356. The number of rotatable bonds is 4. The van der Waals surface area contributed by atoms with Crippen molar-refractivity contribution in [3.05, 3.63) is 59.7 Å². The van der Waals surface area contributed by atoms with E-state index < -0.39 is 0 Å². The zero-order valence-electron chi connectivity index (χ0n) is 16.9. The summed E-state index contributed by atoms with van der Waals surface area (Å²) in [4.78, 5) is 5.26. The zero-order valence-corrected chi connectivity index (χ0v) is 16.9. The molecule has 148 valence electrons. The van der Waals surface area contributed by atoms with Gasteiger partial charge >= 0.3 is 0 Å². The number of nitrogens with two attached hydrogens (primary N) is 1. The number of piperidine rings is 1. The monoisotopic (exact) mass is 375 g/mol. The largest absolute Gasteiger partial charge is 0.399 e. The van der Waals surface area contributed by atoms with Gasteiger partial charge in [-0.3, -0.25) is 4.90 Å². The number of fused-ring (bicyclic) bond motifs is 2. The molecule has 0 amide bonds. The van der Waals surface area contributed by atoms with Crippen LogP contribution in [-0.2, 0) is 12.0 Å². The van der Waals surface area contributed by atoms with Gasteiger partial charge in [0.1, 0.15) is 0 Å². The second-order valence-corrected chi connectivity index (χ2v) is 9.24. The molecule has 3 aliphatic rings. The van der Waals surface area contributed by atoms with E-state index >= 15 is 0 Å². The summed E-state index contributed by atoms with van der Waals surface area (Å²) >= 11 is 0. The Morgan fingerprint density at radius 2 is 1.75 bits per heavy atom. The highest BCUT2D eigenvalue weighted by molar-refractivity contribution is 5.48. The van der Waals surface area contributed by atoms with Crippen molar-refractivity contribution in [1.29, 1.82) is 0 Å². The third kappa shape index (κ3) is 3.41. The summed E-state index contributed by atoms with van der Waals surface area (Å²) in [5.41, 5.74) is 11.7. The standard InChI is InChI=1S/C25H33N3/c26-22-6-3-5-21(17-22)25-12-4-7-24(18-25)28(16-13-25)19-20-8-10-23(11-9-20)27-14-1-2-15-27/h3,5-6,8-11,17,24H,1-2,4,7,12-16,18-19,26H2. The van der Waals surface area contributed by atoms with Gasteiger partial charge in [0.2, 0.25) is 0 Å². The van der Waals surface area contributed by atoms with Gasteiger partial charge in [-0.25, -0.2) is 0 Å². The smallest absolute Gasteiger partial charge is 0.0366 e. The maximum Gasteiger partial charge on any atom is 0.0366 e. The minimum Gasteiger partial charge on any atom is -0.399 e. The molecule has 2 atom stereocenters. The van der Waals surface area contributed by atoms with Crippen molar-refractivity contribution in [2.45, 2.75) is 62.9 Å². The molecular weight excluding hydrogens is 342 g/mol. The molecular formula is C25H33N3. The van der Waals surface area contributed by atoms with Crippen LogP contribution < -0.4 is 10.6 Å². The second-order valence-electron chi connectivity index (χ2n) is 9.24. The molecule has 3 fully saturated rings. The molecule has 0 aromatic heterocycles. The van der Waals surface area contributed by atoms with E-state index in [-0.39, 0.29) is 0 Å². The van der Waals surface area contributed by atoms with Gasteiger partial charge in [0, 0.05) is 37.1 Å². The number of benzene rings is 2. The fourth-order valence-electron chi connectivity index (χ4n) is 5.92. The average Bonchev–Trinajstić information content (AvgIpc) is 3.26. The average molecular weight is 376 g/mol. The lowest BCUT2D eigenvalue weighted by molar-refractivity contribution is 0.0459. The Labute approximate surface area is 169 Å². The van der Waals surface area contributed by atoms with Gasteiger partial charge < -0.3 is 10.6 Å². The first kappa shape index (κ1) is 18.1. The Morgan fingerprint density at radius 1 is 0.929 bits per heavy atom. The van der Waals surface area contributed by atoms with Crippen molar-refractivity contribution < 1.29 is 0 Å². The van der Waals surface area contributed by atoms with Crippen LogP contribution in [0.2, 0.25) is 0 Å². The lowest BCUT2D eigenvalue weighted by Crippen LogP contribution is -2.51. The quantitative estimate of drug-likeness (QED) is 0.767. The third-order valence-electron chi connectivity index (χ3n) is 7.51. The Morgan fingerprint density at radius 3 is 2.54 bits per heavy atom. The Bertz CT molecular complexity index is 809. The number of hydrogen-bond donors (Lipinski definition) is 1. The highest BCUT2D eigenvalue weighted by Crippen LogP contribution is 2.47. The summed E-state index contributed by atoms with van der Waals surface area (Å²) in [7, 11) is 0. The predicted octanol–water partition coefficient (Wildman–Crippen LogP) is 4.96. The zero-order chi connectivity index (χ0) is 19.0. The van der Waals surface area contributed by atoms with Gasteiger partial charge in [0.25, 0.3) is 0 Å². The SMILES string of the molecule is Nc1cccc(C23CCCC(C2)N(Cc2ccc(N4CCCC4)cc2)CC3)c1. The van der Waals surface area contributed by atoms with Crippen LogP contribution in [0, 0.1) is 0 Å². The van der Waals surface area contributed by atoms with Gasteiger partial charge in [-0.15, -0.1) is 0 Å². The fourth-order valence-corrected chi connectivity index (χ4v) is 5.92. The minimum absolute atomic E-state index is 0.356. The van der Waals surface area contributed by atoms with E-state index in [4.69, 9.17) is 5.73 Å². The summed E-state index contributed by atoms with van der Waals surface area (Å²) in [5, 5.41) is 0. The van der Waals surface area contributed by atoms with Gasteiger partial charge in [-0.05, 0) is 85.9 Å². The molecule has 3 heteroatoms. The molecule has 2 saturated heterocycles. The van der Waals surface area contributed by atoms with Crippen LogP contribution in [0.5, 0.6) is 0 Å². The molecule has 2 N–H and O–H groups in total. The first-order chi connectivity index (χ1) is 13.7. The van der Waals surface area contributed by atoms with Gasteiger partial charge in [0.05, 0.1) is 0 Å². The summed E-state index contributed by atoms with van der Waals surface area (Å²) in [6, 6.07) is 18.8. The number of hydrogen-bond acceptors (Lipinski definition) is 3. The number of likely N-dealkylation sites (tertiary alicyclic amines) is 1. The van der Waals surface area contributed by atoms with E-state index in [9.17, 15) is 0 Å². The van der Waals surface area contributed by atoms with Crippen LogP contribution in [0.25, 0.3) is 0 Å². The molecule has 2 heterocycles. The molecule has 28 heavy (non-hydrogen) atoms. The van der Waals surface area contributed by atoms with Crippen LogP contribution in [0.3, 0.4) is 0 Å². The lowest BCUT2D eigenvalue weighted by atomic mass is 9.63. The highest BCUT2D eigenvalue weighted by Gasteiger charge is 2.43. The van der Waals surface area contributed by atoms with E-state index in [0.29, 0.717) is 11.5 Å². The Kier molecular flexibility index (Phi) is 4.80. The molecule has 3 nitrogen and oxygen atoms in total. The topological polar surface area (TPSA) is 32.5 Å². The summed E-state index contributed by atoms with van der Waals surface area (Å²) in [5.74, 6) is 0. The first-order valence-electron chi connectivity index (χ1n) is 11.2. The van der Waals surface area contributed by atoms with Gasteiger partial charge in [-0.1, -0.05) is 30.7 Å². The molecule has 2 aromatic rings. The van der Waals surface area contributed by atoms with E-state index in [0.717, 1.165) is 12.2 Å². The molecule has 2 aromatic carbocycles. The van der Waals surface area contributed by atoms with E-state index in [1.54, 1.807) is 0 Å². The molecule has 1 aliphatic carbocycles. The van der Waals surface area contributed by atoms with Gasteiger partial charge in [-0.2, -0.15) is 0 Å². The number of nitrogen functional groups attached to an aromatic ring is 1. The first-order valence-corrected chi connectivity index (χ1v) is 11.2. The van der Waals surface area contributed by atoms with Crippen LogP contribution in [0.15, 0.2) is 48.5 Å². The van der Waals surface area contributed by atoms with E-state index in [2.05, 4.69) is 52.3 Å². The maximum absolute atomic E-state index is 6.10. The Balaban J connectivity index is 1.28. The van der Waals surface area contributed by atoms with Crippen molar-refractivity contribution in [1.82, 2.24) is 4.90 Å². The molecule has 0 radical (unpaired) electrons. The molecule has 2 bridgehead atoms. The molecule has 2 unspecified atom stereocenters. The molecule has 1 saturated carbocycles. The lowest BCUT2D eigenvalue weighted by Gasteiger charge is -2.51.